The van der Waals surface area contributed by atoms with Crippen molar-refractivity contribution in [1.82, 2.24) is 4.90 Å². The van der Waals surface area contributed by atoms with Crippen LogP contribution in [0.1, 0.15) is 42.9 Å². The van der Waals surface area contributed by atoms with Gasteiger partial charge in [0, 0.05) is 37.5 Å². The van der Waals surface area contributed by atoms with Gasteiger partial charge < -0.3 is 9.84 Å². The van der Waals surface area contributed by atoms with E-state index in [1.807, 2.05) is 6.07 Å². The number of likely N-dealkylation sites (tertiary alicyclic amines) is 1. The summed E-state index contributed by atoms with van der Waals surface area (Å²) in [5.41, 5.74) is 2.00. The SMILES string of the molecule is Cc1ccc2c(c1)[C@@H](O)CC1(CCN(C3CC3)C1)O2. The molecule has 1 spiro atoms. The molecule has 1 aromatic carbocycles. The van der Waals surface area contributed by atoms with Gasteiger partial charge in [-0.25, -0.2) is 0 Å². The van der Waals surface area contributed by atoms with Gasteiger partial charge in [-0.1, -0.05) is 11.6 Å². The second kappa shape index (κ2) is 3.97. The maximum Gasteiger partial charge on any atom is 0.126 e. The fourth-order valence-corrected chi connectivity index (χ4v) is 3.64. The zero-order valence-electron chi connectivity index (χ0n) is 11.4. The Morgan fingerprint density at radius 2 is 2.21 bits per heavy atom. The van der Waals surface area contributed by atoms with Crippen LogP contribution in [-0.2, 0) is 0 Å². The van der Waals surface area contributed by atoms with E-state index < -0.39 is 0 Å². The predicted molar refractivity (Wildman–Crippen MR) is 73.3 cm³/mol. The smallest absolute Gasteiger partial charge is 0.126 e. The minimum absolute atomic E-state index is 0.149. The molecular weight excluding hydrogens is 238 g/mol. The van der Waals surface area contributed by atoms with Crippen molar-refractivity contribution in [3.8, 4) is 5.75 Å². The molecule has 2 fully saturated rings. The number of nitrogens with zero attached hydrogens (tertiary/aromatic N) is 1. The van der Waals surface area contributed by atoms with E-state index in [9.17, 15) is 5.11 Å². The molecule has 1 unspecified atom stereocenters. The summed E-state index contributed by atoms with van der Waals surface area (Å²) in [6.45, 7) is 4.17. The third-order valence-corrected chi connectivity index (χ3v) is 4.83. The first-order valence-corrected chi connectivity index (χ1v) is 7.37. The van der Waals surface area contributed by atoms with Crippen molar-refractivity contribution in [1.29, 1.82) is 0 Å². The highest BCUT2D eigenvalue weighted by molar-refractivity contribution is 5.41. The van der Waals surface area contributed by atoms with Crippen LogP contribution >= 0.6 is 0 Å². The summed E-state index contributed by atoms with van der Waals surface area (Å²) in [4.78, 5) is 2.55. The van der Waals surface area contributed by atoms with Gasteiger partial charge in [0.1, 0.15) is 11.4 Å². The third-order valence-electron chi connectivity index (χ3n) is 4.83. The lowest BCUT2D eigenvalue weighted by molar-refractivity contribution is -0.00766. The molecule has 2 aliphatic heterocycles. The Bertz CT molecular complexity index is 511. The minimum atomic E-state index is -0.372. The summed E-state index contributed by atoms with van der Waals surface area (Å²) >= 11 is 0. The molecule has 102 valence electrons. The van der Waals surface area contributed by atoms with E-state index in [1.54, 1.807) is 0 Å². The van der Waals surface area contributed by atoms with E-state index in [1.165, 1.54) is 18.4 Å². The van der Waals surface area contributed by atoms with Crippen LogP contribution in [-0.4, -0.2) is 34.7 Å². The average molecular weight is 259 g/mol. The second-order valence-electron chi connectivity index (χ2n) is 6.50. The molecule has 19 heavy (non-hydrogen) atoms. The van der Waals surface area contributed by atoms with Crippen molar-refractivity contribution in [3.05, 3.63) is 29.3 Å². The first-order chi connectivity index (χ1) is 9.15. The molecule has 0 radical (unpaired) electrons. The maximum atomic E-state index is 10.5. The molecule has 2 heterocycles. The van der Waals surface area contributed by atoms with E-state index >= 15 is 0 Å². The number of benzene rings is 1. The Morgan fingerprint density at radius 3 is 3.00 bits per heavy atom. The van der Waals surface area contributed by atoms with Crippen LogP contribution in [0.2, 0.25) is 0 Å². The number of aliphatic hydroxyl groups is 1. The van der Waals surface area contributed by atoms with Crippen LogP contribution < -0.4 is 4.74 Å². The maximum absolute atomic E-state index is 10.5. The van der Waals surface area contributed by atoms with Crippen LogP contribution in [0.25, 0.3) is 0 Å². The largest absolute Gasteiger partial charge is 0.485 e. The molecule has 3 nitrogen and oxygen atoms in total. The molecule has 3 aliphatic rings. The molecular formula is C16H21NO2. The summed E-state index contributed by atoms with van der Waals surface area (Å²) < 4.78 is 6.31. The third kappa shape index (κ3) is 1.96. The van der Waals surface area contributed by atoms with E-state index in [-0.39, 0.29) is 11.7 Å². The van der Waals surface area contributed by atoms with Gasteiger partial charge in [0.25, 0.3) is 0 Å². The Morgan fingerprint density at radius 1 is 1.37 bits per heavy atom. The Kier molecular flexibility index (Phi) is 2.45. The van der Waals surface area contributed by atoms with Crippen LogP contribution in [0.5, 0.6) is 5.75 Å². The van der Waals surface area contributed by atoms with Gasteiger partial charge in [0.15, 0.2) is 0 Å². The first-order valence-electron chi connectivity index (χ1n) is 7.37. The van der Waals surface area contributed by atoms with Crippen molar-refractivity contribution in [2.45, 2.75) is 50.4 Å². The molecule has 3 heteroatoms. The van der Waals surface area contributed by atoms with E-state index in [4.69, 9.17) is 4.74 Å². The van der Waals surface area contributed by atoms with Crippen molar-refractivity contribution < 1.29 is 9.84 Å². The Labute approximate surface area is 114 Å². The van der Waals surface area contributed by atoms with E-state index in [0.29, 0.717) is 0 Å². The first kappa shape index (κ1) is 11.7. The van der Waals surface area contributed by atoms with Gasteiger partial charge in [-0.05, 0) is 31.9 Å². The van der Waals surface area contributed by atoms with Gasteiger partial charge in [0.2, 0.25) is 0 Å². The number of aryl methyl sites for hydroxylation is 1. The van der Waals surface area contributed by atoms with Crippen LogP contribution in [0, 0.1) is 6.92 Å². The molecule has 1 N–H and O–H groups in total. The fraction of sp³-hybridized carbons (Fsp3) is 0.625. The van der Waals surface area contributed by atoms with Crippen LogP contribution in [0.15, 0.2) is 18.2 Å². The van der Waals surface area contributed by atoms with Crippen molar-refractivity contribution in [2.24, 2.45) is 0 Å². The van der Waals surface area contributed by atoms with Gasteiger partial charge in [0.05, 0.1) is 6.10 Å². The molecule has 0 aromatic heterocycles. The molecule has 0 bridgehead atoms. The lowest BCUT2D eigenvalue weighted by Gasteiger charge is -2.38. The van der Waals surface area contributed by atoms with Gasteiger partial charge in [-0.2, -0.15) is 0 Å². The Hall–Kier alpha value is -1.06. The van der Waals surface area contributed by atoms with Crippen LogP contribution in [0.4, 0.5) is 0 Å². The lowest BCUT2D eigenvalue weighted by Crippen LogP contribution is -2.44. The van der Waals surface area contributed by atoms with Crippen molar-refractivity contribution in [2.75, 3.05) is 13.1 Å². The van der Waals surface area contributed by atoms with E-state index in [0.717, 1.165) is 43.3 Å². The van der Waals surface area contributed by atoms with Crippen LogP contribution in [0.3, 0.4) is 0 Å². The summed E-state index contributed by atoms with van der Waals surface area (Å²) in [5, 5.41) is 10.5. The molecule has 0 amide bonds. The predicted octanol–water partition coefficient (Wildman–Crippen LogP) is 2.42. The highest BCUT2D eigenvalue weighted by atomic mass is 16.5. The second-order valence-corrected chi connectivity index (χ2v) is 6.50. The summed E-state index contributed by atoms with van der Waals surface area (Å²) in [5.74, 6) is 0.891. The van der Waals surface area contributed by atoms with E-state index in [2.05, 4.69) is 24.0 Å². The highest BCUT2D eigenvalue weighted by Gasteiger charge is 2.48. The zero-order chi connectivity index (χ0) is 13.0. The molecule has 1 aliphatic carbocycles. The minimum Gasteiger partial charge on any atom is -0.485 e. The lowest BCUT2D eigenvalue weighted by atomic mass is 9.87. The summed E-state index contributed by atoms with van der Waals surface area (Å²) in [6.07, 6.45) is 4.10. The number of fused-ring (bicyclic) bond motifs is 1. The molecule has 1 saturated heterocycles. The molecule has 2 atom stereocenters. The average Bonchev–Trinajstić information content (AvgIpc) is 3.15. The fourth-order valence-electron chi connectivity index (χ4n) is 3.64. The quantitative estimate of drug-likeness (QED) is 0.840. The van der Waals surface area contributed by atoms with Gasteiger partial charge in [-0.3, -0.25) is 4.90 Å². The molecule has 1 saturated carbocycles. The number of hydrogen-bond donors (Lipinski definition) is 1. The highest BCUT2D eigenvalue weighted by Crippen LogP contribution is 2.45. The summed E-state index contributed by atoms with van der Waals surface area (Å²) in [7, 11) is 0. The number of rotatable bonds is 1. The Balaban J connectivity index is 1.62. The number of ether oxygens (including phenoxy) is 1. The number of hydrogen-bond acceptors (Lipinski definition) is 3. The monoisotopic (exact) mass is 259 g/mol. The molecule has 1 aromatic rings. The van der Waals surface area contributed by atoms with Crippen molar-refractivity contribution >= 4 is 0 Å². The summed E-state index contributed by atoms with van der Waals surface area (Å²) in [6, 6.07) is 6.94. The van der Waals surface area contributed by atoms with Gasteiger partial charge in [-0.15, -0.1) is 0 Å². The normalized spacial score (nSPS) is 34.3. The van der Waals surface area contributed by atoms with Gasteiger partial charge >= 0.3 is 0 Å². The standard InChI is InChI=1S/C16H21NO2/c1-11-2-5-15-13(8-11)14(18)9-16(19-15)6-7-17(10-16)12-3-4-12/h2,5,8,12,14,18H,3-4,6-7,9-10H2,1H3/t14-,16?/m0/s1. The zero-order valence-corrected chi connectivity index (χ0v) is 11.4. The van der Waals surface area contributed by atoms with Crippen molar-refractivity contribution in [3.63, 3.8) is 0 Å². The number of aliphatic hydroxyl groups excluding tert-OH is 1. The topological polar surface area (TPSA) is 32.7 Å². The molecule has 4 rings (SSSR count).